The first-order chi connectivity index (χ1) is 11.1. The van der Waals surface area contributed by atoms with Gasteiger partial charge in [-0.15, -0.1) is 0 Å². The first-order valence-electron chi connectivity index (χ1n) is 8.16. The number of ether oxygens (including phenoxy) is 2. The highest BCUT2D eigenvalue weighted by Gasteiger charge is 2.35. The molecule has 1 aromatic carbocycles. The van der Waals surface area contributed by atoms with Gasteiger partial charge < -0.3 is 15.2 Å². The molecule has 1 rings (SSSR count). The number of carbonyl (C=O) groups excluding carboxylic acids is 2. The molecule has 0 spiro atoms. The SMILES string of the molecule is COC(=O)C(C)(N)C(C)CCC(=O)Cc1cc(C)cc(C)c1OC. The summed E-state index contributed by atoms with van der Waals surface area (Å²) in [7, 11) is 2.93. The molecule has 2 N–H and O–H groups in total. The Labute approximate surface area is 144 Å². The lowest BCUT2D eigenvalue weighted by Crippen LogP contribution is -2.51. The third-order valence-corrected chi connectivity index (χ3v) is 4.59. The molecule has 0 saturated heterocycles. The van der Waals surface area contributed by atoms with Gasteiger partial charge in [-0.05, 0) is 38.7 Å². The van der Waals surface area contributed by atoms with Gasteiger partial charge in [-0.25, -0.2) is 0 Å². The Balaban J connectivity index is 2.73. The molecule has 24 heavy (non-hydrogen) atoms. The van der Waals surface area contributed by atoms with E-state index in [0.717, 1.165) is 22.4 Å². The van der Waals surface area contributed by atoms with Crippen LogP contribution in [0.1, 0.15) is 43.4 Å². The molecule has 0 radical (unpaired) electrons. The van der Waals surface area contributed by atoms with Crippen LogP contribution in [0.25, 0.3) is 0 Å². The number of ketones is 1. The van der Waals surface area contributed by atoms with Crippen molar-refractivity contribution in [2.24, 2.45) is 11.7 Å². The Morgan fingerprint density at radius 3 is 2.42 bits per heavy atom. The van der Waals surface area contributed by atoms with Crippen molar-refractivity contribution in [1.29, 1.82) is 0 Å². The van der Waals surface area contributed by atoms with E-state index in [-0.39, 0.29) is 11.7 Å². The van der Waals surface area contributed by atoms with E-state index in [0.29, 0.717) is 19.3 Å². The summed E-state index contributed by atoms with van der Waals surface area (Å²) < 4.78 is 10.2. The van der Waals surface area contributed by atoms with Gasteiger partial charge in [-0.1, -0.05) is 24.6 Å². The van der Waals surface area contributed by atoms with Crippen LogP contribution in [0, 0.1) is 19.8 Å². The van der Waals surface area contributed by atoms with Crippen LogP contribution in [0.4, 0.5) is 0 Å². The normalized spacial score (nSPS) is 14.6. The van der Waals surface area contributed by atoms with Gasteiger partial charge in [-0.2, -0.15) is 0 Å². The number of nitrogens with two attached hydrogens (primary N) is 1. The van der Waals surface area contributed by atoms with Crippen molar-refractivity contribution in [2.45, 2.75) is 52.5 Å². The number of hydrogen-bond donors (Lipinski definition) is 1. The van der Waals surface area contributed by atoms with Gasteiger partial charge in [0.15, 0.2) is 0 Å². The molecule has 0 heterocycles. The highest BCUT2D eigenvalue weighted by atomic mass is 16.5. The number of benzene rings is 1. The minimum Gasteiger partial charge on any atom is -0.496 e. The fourth-order valence-corrected chi connectivity index (χ4v) is 2.86. The molecule has 2 atom stereocenters. The van der Waals surface area contributed by atoms with Crippen molar-refractivity contribution in [3.63, 3.8) is 0 Å². The second-order valence-corrected chi connectivity index (χ2v) is 6.70. The summed E-state index contributed by atoms with van der Waals surface area (Å²) in [6.07, 6.45) is 1.22. The zero-order valence-corrected chi connectivity index (χ0v) is 15.6. The molecule has 0 aromatic heterocycles. The van der Waals surface area contributed by atoms with Gasteiger partial charge >= 0.3 is 5.97 Å². The Morgan fingerprint density at radius 1 is 1.25 bits per heavy atom. The third kappa shape index (κ3) is 4.81. The number of methoxy groups -OCH3 is 2. The summed E-state index contributed by atoms with van der Waals surface area (Å²) in [4.78, 5) is 24.1. The van der Waals surface area contributed by atoms with Crippen molar-refractivity contribution in [3.05, 3.63) is 28.8 Å². The van der Waals surface area contributed by atoms with Crippen molar-refractivity contribution in [1.82, 2.24) is 0 Å². The molecule has 5 heteroatoms. The van der Waals surface area contributed by atoms with E-state index in [1.165, 1.54) is 7.11 Å². The quantitative estimate of drug-likeness (QED) is 0.739. The van der Waals surface area contributed by atoms with Gasteiger partial charge in [0.05, 0.1) is 14.2 Å². The Hall–Kier alpha value is -1.88. The monoisotopic (exact) mass is 335 g/mol. The minimum atomic E-state index is -1.09. The number of carbonyl (C=O) groups is 2. The maximum absolute atomic E-state index is 12.4. The topological polar surface area (TPSA) is 78.6 Å². The van der Waals surface area contributed by atoms with Gasteiger partial charge in [0.2, 0.25) is 0 Å². The van der Waals surface area contributed by atoms with Crippen LogP contribution in [0.3, 0.4) is 0 Å². The van der Waals surface area contributed by atoms with Gasteiger partial charge in [0, 0.05) is 18.4 Å². The van der Waals surface area contributed by atoms with Crippen LogP contribution < -0.4 is 10.5 Å². The largest absolute Gasteiger partial charge is 0.496 e. The Bertz CT molecular complexity index is 608. The highest BCUT2D eigenvalue weighted by molar-refractivity contribution is 5.82. The van der Waals surface area contributed by atoms with Crippen LogP contribution in [-0.2, 0) is 20.7 Å². The van der Waals surface area contributed by atoms with E-state index in [4.69, 9.17) is 15.2 Å². The fraction of sp³-hybridized carbons (Fsp3) is 0.579. The average Bonchev–Trinajstić information content (AvgIpc) is 2.51. The number of esters is 1. The van der Waals surface area contributed by atoms with Crippen molar-refractivity contribution in [2.75, 3.05) is 14.2 Å². The number of Topliss-reactive ketones (excluding diaryl/α,β-unsaturated/α-hetero) is 1. The lowest BCUT2D eigenvalue weighted by molar-refractivity contribution is -0.148. The van der Waals surface area contributed by atoms with Crippen LogP contribution >= 0.6 is 0 Å². The molecule has 1 aromatic rings. The summed E-state index contributed by atoms with van der Waals surface area (Å²) in [5, 5.41) is 0. The van der Waals surface area contributed by atoms with Crippen molar-refractivity contribution in [3.8, 4) is 5.75 Å². The predicted octanol–water partition coefficient (Wildman–Crippen LogP) is 2.73. The molecule has 134 valence electrons. The second kappa shape index (κ2) is 8.29. The summed E-state index contributed by atoms with van der Waals surface area (Å²) in [5.74, 6) is 0.250. The van der Waals surface area contributed by atoms with E-state index in [9.17, 15) is 9.59 Å². The molecular weight excluding hydrogens is 306 g/mol. The summed E-state index contributed by atoms with van der Waals surface area (Å²) in [6.45, 7) is 7.47. The summed E-state index contributed by atoms with van der Waals surface area (Å²) in [6, 6.07) is 4.01. The van der Waals surface area contributed by atoms with Crippen molar-refractivity contribution < 1.29 is 19.1 Å². The lowest BCUT2D eigenvalue weighted by atomic mass is 9.84. The maximum atomic E-state index is 12.4. The van der Waals surface area contributed by atoms with E-state index < -0.39 is 11.5 Å². The minimum absolute atomic E-state index is 0.103. The molecule has 0 aliphatic rings. The average molecular weight is 335 g/mol. The van der Waals surface area contributed by atoms with E-state index in [2.05, 4.69) is 0 Å². The fourth-order valence-electron chi connectivity index (χ4n) is 2.86. The molecule has 0 aliphatic carbocycles. The molecular formula is C19H29NO4. The molecule has 0 aliphatic heterocycles. The van der Waals surface area contributed by atoms with E-state index >= 15 is 0 Å². The smallest absolute Gasteiger partial charge is 0.325 e. The molecule has 2 unspecified atom stereocenters. The van der Waals surface area contributed by atoms with Crippen LogP contribution in [0.5, 0.6) is 5.75 Å². The van der Waals surface area contributed by atoms with E-state index in [1.807, 2.05) is 32.9 Å². The number of aryl methyl sites for hydroxylation is 2. The van der Waals surface area contributed by atoms with Crippen LogP contribution in [0.2, 0.25) is 0 Å². The van der Waals surface area contributed by atoms with Gasteiger partial charge in [0.25, 0.3) is 0 Å². The summed E-state index contributed by atoms with van der Waals surface area (Å²) in [5.41, 5.74) is 7.96. The number of rotatable bonds is 8. The number of hydrogen-bond acceptors (Lipinski definition) is 5. The molecule has 0 fully saturated rings. The Kier molecular flexibility index (Phi) is 6.96. The standard InChI is InChI=1S/C19H29NO4/c1-12-9-13(2)17(23-5)15(10-12)11-16(21)8-7-14(3)19(4,20)18(22)24-6/h9-10,14H,7-8,11,20H2,1-6H3. The van der Waals surface area contributed by atoms with Crippen molar-refractivity contribution >= 4 is 11.8 Å². The van der Waals surface area contributed by atoms with Crippen LogP contribution in [0.15, 0.2) is 12.1 Å². The zero-order chi connectivity index (χ0) is 18.5. The zero-order valence-electron chi connectivity index (χ0n) is 15.6. The first kappa shape index (κ1) is 20.2. The van der Waals surface area contributed by atoms with Crippen LogP contribution in [-0.4, -0.2) is 31.5 Å². The Morgan fingerprint density at radius 2 is 1.88 bits per heavy atom. The maximum Gasteiger partial charge on any atom is 0.325 e. The predicted molar refractivity (Wildman–Crippen MR) is 94.2 cm³/mol. The molecule has 0 amide bonds. The lowest BCUT2D eigenvalue weighted by Gasteiger charge is -2.28. The van der Waals surface area contributed by atoms with Gasteiger partial charge in [-0.3, -0.25) is 9.59 Å². The molecule has 0 bridgehead atoms. The molecule has 0 saturated carbocycles. The highest BCUT2D eigenvalue weighted by Crippen LogP contribution is 2.27. The second-order valence-electron chi connectivity index (χ2n) is 6.70. The molecule has 5 nitrogen and oxygen atoms in total. The first-order valence-corrected chi connectivity index (χ1v) is 8.16. The third-order valence-electron chi connectivity index (χ3n) is 4.59. The van der Waals surface area contributed by atoms with Gasteiger partial charge in [0.1, 0.15) is 17.1 Å². The summed E-state index contributed by atoms with van der Waals surface area (Å²) >= 11 is 0. The van der Waals surface area contributed by atoms with E-state index in [1.54, 1.807) is 14.0 Å².